The van der Waals surface area contributed by atoms with Gasteiger partial charge in [-0.1, -0.05) is 12.1 Å². The third kappa shape index (κ3) is 1.92. The van der Waals surface area contributed by atoms with Gasteiger partial charge in [0, 0.05) is 0 Å². The molecule has 2 aromatic rings. The minimum atomic E-state index is -1.12. The Bertz CT molecular complexity index is 545. The highest BCUT2D eigenvalue weighted by Gasteiger charge is 2.20. The van der Waals surface area contributed by atoms with E-state index in [0.29, 0.717) is 11.1 Å². The lowest BCUT2D eigenvalue weighted by Gasteiger charge is -2.03. The number of phenolic OH excluding ortho intramolecular Hbond substituents is 1. The standard InChI is InChI=1S/C11H10N2O4/c1-17-10-8(9(11(15)16)12-13-10)6-2-4-7(14)5-3-6/h2-5,14H,1H3,(H,12,13)(H,15,16). The lowest BCUT2D eigenvalue weighted by Crippen LogP contribution is -1.99. The van der Waals surface area contributed by atoms with Gasteiger partial charge in [-0.3, -0.25) is 5.10 Å². The highest BCUT2D eigenvalue weighted by Crippen LogP contribution is 2.32. The summed E-state index contributed by atoms with van der Waals surface area (Å²) in [5.41, 5.74) is 0.915. The molecule has 0 aliphatic carbocycles. The Morgan fingerprint density at radius 3 is 2.53 bits per heavy atom. The molecule has 0 aliphatic heterocycles. The molecule has 0 radical (unpaired) electrons. The highest BCUT2D eigenvalue weighted by atomic mass is 16.5. The molecule has 88 valence electrons. The molecule has 6 nitrogen and oxygen atoms in total. The number of aromatic carboxylic acids is 1. The van der Waals surface area contributed by atoms with Gasteiger partial charge in [0.05, 0.1) is 12.7 Å². The summed E-state index contributed by atoms with van der Waals surface area (Å²) >= 11 is 0. The number of aromatic amines is 1. The molecule has 3 N–H and O–H groups in total. The molecule has 0 unspecified atom stereocenters. The number of carbonyl (C=O) groups is 1. The number of carboxylic acids is 1. The van der Waals surface area contributed by atoms with Crippen LogP contribution in [0.25, 0.3) is 11.1 Å². The molecule has 0 fully saturated rings. The van der Waals surface area contributed by atoms with Crippen molar-refractivity contribution in [3.05, 3.63) is 30.0 Å². The van der Waals surface area contributed by atoms with Gasteiger partial charge in [-0.15, -0.1) is 5.10 Å². The predicted molar refractivity (Wildman–Crippen MR) is 59.2 cm³/mol. The van der Waals surface area contributed by atoms with Crippen molar-refractivity contribution in [3.8, 4) is 22.8 Å². The zero-order valence-corrected chi connectivity index (χ0v) is 8.97. The van der Waals surface area contributed by atoms with Crippen LogP contribution in [-0.4, -0.2) is 33.5 Å². The van der Waals surface area contributed by atoms with Crippen LogP contribution in [0.1, 0.15) is 10.5 Å². The summed E-state index contributed by atoms with van der Waals surface area (Å²) in [5.74, 6) is -0.815. The van der Waals surface area contributed by atoms with Crippen molar-refractivity contribution in [1.29, 1.82) is 0 Å². The van der Waals surface area contributed by atoms with Crippen molar-refractivity contribution in [2.24, 2.45) is 0 Å². The third-order valence-corrected chi connectivity index (χ3v) is 2.30. The molecule has 1 aromatic carbocycles. The number of H-pyrrole nitrogens is 1. The molecule has 0 amide bonds. The molecule has 0 saturated carbocycles. The van der Waals surface area contributed by atoms with Crippen LogP contribution < -0.4 is 4.74 Å². The second-order valence-electron chi connectivity index (χ2n) is 3.33. The second kappa shape index (κ2) is 4.17. The Kier molecular flexibility index (Phi) is 2.70. The van der Waals surface area contributed by atoms with Gasteiger partial charge in [-0.05, 0) is 17.7 Å². The molecular weight excluding hydrogens is 224 g/mol. The summed E-state index contributed by atoms with van der Waals surface area (Å²) in [4.78, 5) is 11.0. The molecule has 1 aromatic heterocycles. The van der Waals surface area contributed by atoms with Crippen molar-refractivity contribution in [2.45, 2.75) is 0 Å². The number of ether oxygens (including phenoxy) is 1. The van der Waals surface area contributed by atoms with Crippen LogP contribution in [0.15, 0.2) is 24.3 Å². The maximum Gasteiger partial charge on any atom is 0.354 e. The van der Waals surface area contributed by atoms with E-state index in [1.54, 1.807) is 12.1 Å². The first-order valence-corrected chi connectivity index (χ1v) is 4.78. The lowest BCUT2D eigenvalue weighted by atomic mass is 10.1. The average molecular weight is 234 g/mol. The molecule has 0 aliphatic rings. The fourth-order valence-corrected chi connectivity index (χ4v) is 1.52. The molecule has 6 heteroatoms. The van der Waals surface area contributed by atoms with Gasteiger partial charge in [0.1, 0.15) is 5.75 Å². The Labute approximate surface area is 96.5 Å². The molecular formula is C11H10N2O4. The van der Waals surface area contributed by atoms with Crippen LogP contribution in [0.5, 0.6) is 11.6 Å². The van der Waals surface area contributed by atoms with Gasteiger partial charge < -0.3 is 14.9 Å². The smallest absolute Gasteiger partial charge is 0.354 e. The van der Waals surface area contributed by atoms with E-state index >= 15 is 0 Å². The fraction of sp³-hybridized carbons (Fsp3) is 0.0909. The van der Waals surface area contributed by atoms with Crippen molar-refractivity contribution >= 4 is 5.97 Å². The van der Waals surface area contributed by atoms with E-state index in [0.717, 1.165) is 0 Å². The molecule has 17 heavy (non-hydrogen) atoms. The summed E-state index contributed by atoms with van der Waals surface area (Å²) in [6, 6.07) is 6.12. The predicted octanol–water partition coefficient (Wildman–Crippen LogP) is 1.49. The number of rotatable bonds is 3. The summed E-state index contributed by atoms with van der Waals surface area (Å²) < 4.78 is 4.99. The number of benzene rings is 1. The normalized spacial score (nSPS) is 10.2. The van der Waals surface area contributed by atoms with Crippen LogP contribution in [0.3, 0.4) is 0 Å². The Balaban J connectivity index is 2.59. The van der Waals surface area contributed by atoms with Gasteiger partial charge in [0.2, 0.25) is 5.88 Å². The maximum atomic E-state index is 11.0. The number of nitrogens with zero attached hydrogens (tertiary/aromatic N) is 1. The topological polar surface area (TPSA) is 95.4 Å². The quantitative estimate of drug-likeness (QED) is 0.747. The lowest BCUT2D eigenvalue weighted by molar-refractivity contribution is 0.0691. The first-order valence-electron chi connectivity index (χ1n) is 4.78. The zero-order valence-electron chi connectivity index (χ0n) is 8.97. The highest BCUT2D eigenvalue weighted by molar-refractivity contribution is 5.95. The van der Waals surface area contributed by atoms with Gasteiger partial charge in [0.15, 0.2) is 5.69 Å². The van der Waals surface area contributed by atoms with Crippen LogP contribution in [-0.2, 0) is 0 Å². The van der Waals surface area contributed by atoms with E-state index in [2.05, 4.69) is 10.2 Å². The molecule has 0 bridgehead atoms. The monoisotopic (exact) mass is 234 g/mol. The first kappa shape index (κ1) is 11.0. The number of nitrogens with one attached hydrogen (secondary N) is 1. The van der Waals surface area contributed by atoms with Crippen molar-refractivity contribution in [2.75, 3.05) is 7.11 Å². The van der Waals surface area contributed by atoms with E-state index < -0.39 is 5.97 Å². The molecule has 0 saturated heterocycles. The number of phenols is 1. The van der Waals surface area contributed by atoms with Crippen LogP contribution in [0, 0.1) is 0 Å². The minimum absolute atomic E-state index is 0.0486. The van der Waals surface area contributed by atoms with E-state index in [1.165, 1.54) is 19.2 Å². The number of hydrogen-bond donors (Lipinski definition) is 3. The van der Waals surface area contributed by atoms with Crippen LogP contribution >= 0.6 is 0 Å². The largest absolute Gasteiger partial charge is 0.508 e. The van der Waals surface area contributed by atoms with Crippen LogP contribution in [0.2, 0.25) is 0 Å². The average Bonchev–Trinajstić information content (AvgIpc) is 2.73. The second-order valence-corrected chi connectivity index (χ2v) is 3.33. The third-order valence-electron chi connectivity index (χ3n) is 2.30. The maximum absolute atomic E-state index is 11.0. The van der Waals surface area contributed by atoms with Crippen molar-refractivity contribution in [1.82, 2.24) is 10.2 Å². The van der Waals surface area contributed by atoms with Gasteiger partial charge >= 0.3 is 5.97 Å². The molecule has 0 spiro atoms. The van der Waals surface area contributed by atoms with E-state index in [9.17, 15) is 9.90 Å². The van der Waals surface area contributed by atoms with E-state index in [-0.39, 0.29) is 17.3 Å². The fourth-order valence-electron chi connectivity index (χ4n) is 1.52. The molecule has 0 atom stereocenters. The Morgan fingerprint density at radius 1 is 1.35 bits per heavy atom. The van der Waals surface area contributed by atoms with E-state index in [4.69, 9.17) is 9.84 Å². The Hall–Kier alpha value is -2.50. The summed E-state index contributed by atoms with van der Waals surface area (Å²) in [7, 11) is 1.41. The minimum Gasteiger partial charge on any atom is -0.508 e. The Morgan fingerprint density at radius 2 is 2.00 bits per heavy atom. The van der Waals surface area contributed by atoms with Gasteiger partial charge in [-0.25, -0.2) is 4.79 Å². The summed E-state index contributed by atoms with van der Waals surface area (Å²) in [6.45, 7) is 0. The van der Waals surface area contributed by atoms with Gasteiger partial charge in [-0.2, -0.15) is 0 Å². The number of carboxylic acid groups (broad SMARTS) is 1. The number of hydrogen-bond acceptors (Lipinski definition) is 4. The van der Waals surface area contributed by atoms with Gasteiger partial charge in [0.25, 0.3) is 0 Å². The number of methoxy groups -OCH3 is 1. The number of aromatic nitrogens is 2. The zero-order chi connectivity index (χ0) is 12.4. The molecule has 1 heterocycles. The van der Waals surface area contributed by atoms with E-state index in [1.807, 2.05) is 0 Å². The van der Waals surface area contributed by atoms with Crippen LogP contribution in [0.4, 0.5) is 0 Å². The number of aromatic hydroxyl groups is 1. The van der Waals surface area contributed by atoms with Crippen molar-refractivity contribution < 1.29 is 19.7 Å². The first-order chi connectivity index (χ1) is 8.13. The summed E-state index contributed by atoms with van der Waals surface area (Å²) in [6.07, 6.45) is 0. The molecule has 2 rings (SSSR count). The summed E-state index contributed by atoms with van der Waals surface area (Å²) in [5, 5.41) is 24.4. The SMILES string of the molecule is COc1n[nH]c(C(=O)O)c1-c1ccc(O)cc1. The van der Waals surface area contributed by atoms with Crippen molar-refractivity contribution in [3.63, 3.8) is 0 Å².